The van der Waals surface area contributed by atoms with Crippen molar-refractivity contribution in [3.63, 3.8) is 0 Å². The molecule has 5 rings (SSSR count). The summed E-state index contributed by atoms with van der Waals surface area (Å²) in [5.74, 6) is 1.23. The van der Waals surface area contributed by atoms with Crippen LogP contribution in [0.15, 0.2) is 91.0 Å². The van der Waals surface area contributed by atoms with Crippen LogP contribution in [-0.4, -0.2) is 60.1 Å². The minimum Gasteiger partial charge on any atom is -0.496 e. The SMILES string of the molecule is COc1ccccc1-c1ccc(N2CCN(C(=O)c3ccccc3C(=O)c3ccccc3)CC2)nn1. The van der Waals surface area contributed by atoms with E-state index in [1.54, 1.807) is 48.4 Å². The first-order valence-corrected chi connectivity index (χ1v) is 11.9. The lowest BCUT2D eigenvalue weighted by atomic mass is 9.97. The van der Waals surface area contributed by atoms with Crippen molar-refractivity contribution >= 4 is 17.5 Å². The first-order chi connectivity index (χ1) is 17.7. The van der Waals surface area contributed by atoms with E-state index in [9.17, 15) is 9.59 Å². The zero-order chi connectivity index (χ0) is 24.9. The van der Waals surface area contributed by atoms with Gasteiger partial charge < -0.3 is 14.5 Å². The Morgan fingerprint density at radius 1 is 0.722 bits per heavy atom. The molecule has 1 aromatic heterocycles. The number of aromatic nitrogens is 2. The zero-order valence-corrected chi connectivity index (χ0v) is 20.0. The molecule has 1 aliphatic rings. The van der Waals surface area contributed by atoms with Gasteiger partial charge >= 0.3 is 0 Å². The van der Waals surface area contributed by atoms with Gasteiger partial charge in [0.2, 0.25) is 0 Å². The molecule has 0 N–H and O–H groups in total. The molecule has 36 heavy (non-hydrogen) atoms. The Hall–Kier alpha value is -4.52. The van der Waals surface area contributed by atoms with E-state index >= 15 is 0 Å². The Kier molecular flexibility index (Phi) is 6.71. The van der Waals surface area contributed by atoms with Gasteiger partial charge in [0.1, 0.15) is 5.75 Å². The summed E-state index contributed by atoms with van der Waals surface area (Å²) in [7, 11) is 1.64. The van der Waals surface area contributed by atoms with E-state index in [2.05, 4.69) is 15.1 Å². The number of rotatable bonds is 6. The summed E-state index contributed by atoms with van der Waals surface area (Å²) in [5.41, 5.74) is 3.05. The van der Waals surface area contributed by atoms with Crippen LogP contribution in [-0.2, 0) is 0 Å². The molecule has 0 radical (unpaired) electrons. The second-order valence-corrected chi connectivity index (χ2v) is 8.50. The predicted octanol–water partition coefficient (Wildman–Crippen LogP) is 4.35. The number of amides is 1. The molecule has 1 amide bonds. The van der Waals surface area contributed by atoms with E-state index in [1.165, 1.54) is 0 Å². The minimum atomic E-state index is -0.149. The molecule has 180 valence electrons. The van der Waals surface area contributed by atoms with E-state index < -0.39 is 0 Å². The number of carbonyl (C=O) groups is 2. The molecular weight excluding hydrogens is 452 g/mol. The molecule has 0 spiro atoms. The van der Waals surface area contributed by atoms with Gasteiger partial charge in [0.05, 0.1) is 18.4 Å². The number of hydrogen-bond donors (Lipinski definition) is 0. The quantitative estimate of drug-likeness (QED) is 0.384. The second kappa shape index (κ2) is 10.4. The third-order valence-corrected chi connectivity index (χ3v) is 6.36. The monoisotopic (exact) mass is 478 g/mol. The van der Waals surface area contributed by atoms with Crippen LogP contribution < -0.4 is 9.64 Å². The van der Waals surface area contributed by atoms with E-state index in [0.29, 0.717) is 42.9 Å². The molecule has 0 saturated carbocycles. The average Bonchev–Trinajstić information content (AvgIpc) is 2.97. The molecule has 1 fully saturated rings. The fourth-order valence-corrected chi connectivity index (χ4v) is 4.42. The minimum absolute atomic E-state index is 0.132. The molecule has 0 unspecified atom stereocenters. The molecular formula is C29H26N4O3. The average molecular weight is 479 g/mol. The number of carbonyl (C=O) groups excluding carboxylic acids is 2. The van der Waals surface area contributed by atoms with Crippen LogP contribution in [0.4, 0.5) is 5.82 Å². The van der Waals surface area contributed by atoms with Crippen LogP contribution >= 0.6 is 0 Å². The van der Waals surface area contributed by atoms with Crippen molar-refractivity contribution in [1.82, 2.24) is 15.1 Å². The van der Waals surface area contributed by atoms with Crippen LogP contribution in [0, 0.1) is 0 Å². The van der Waals surface area contributed by atoms with Gasteiger partial charge in [0.15, 0.2) is 11.6 Å². The van der Waals surface area contributed by atoms with Gasteiger partial charge in [-0.2, -0.15) is 0 Å². The van der Waals surface area contributed by atoms with Gasteiger partial charge in [0.25, 0.3) is 5.91 Å². The van der Waals surface area contributed by atoms with Gasteiger partial charge in [0, 0.05) is 42.9 Å². The standard InChI is InChI=1S/C29H26N4O3/c1-36-26-14-8-7-13-24(26)25-15-16-27(31-30-25)32-17-19-33(20-18-32)29(35)23-12-6-5-11-22(23)28(34)21-9-3-2-4-10-21/h2-16H,17-20H2,1H3. The van der Waals surface area contributed by atoms with E-state index in [4.69, 9.17) is 4.74 Å². The summed E-state index contributed by atoms with van der Waals surface area (Å²) in [6.07, 6.45) is 0. The van der Waals surface area contributed by atoms with E-state index in [1.807, 2.05) is 54.6 Å². The highest BCUT2D eigenvalue weighted by molar-refractivity contribution is 6.15. The number of benzene rings is 3. The number of ether oxygens (including phenoxy) is 1. The van der Waals surface area contributed by atoms with E-state index in [0.717, 1.165) is 22.8 Å². The van der Waals surface area contributed by atoms with E-state index in [-0.39, 0.29) is 11.7 Å². The molecule has 4 aromatic rings. The Labute approximate surface area is 210 Å². The maximum Gasteiger partial charge on any atom is 0.254 e. The Morgan fingerprint density at radius 3 is 2.08 bits per heavy atom. The lowest BCUT2D eigenvalue weighted by Crippen LogP contribution is -2.49. The molecule has 1 saturated heterocycles. The maximum atomic E-state index is 13.4. The van der Waals surface area contributed by atoms with Crippen molar-refractivity contribution in [2.45, 2.75) is 0 Å². The highest BCUT2D eigenvalue weighted by atomic mass is 16.5. The second-order valence-electron chi connectivity index (χ2n) is 8.50. The van der Waals surface area contributed by atoms with Crippen LogP contribution in [0.2, 0.25) is 0 Å². The van der Waals surface area contributed by atoms with Gasteiger partial charge in [-0.3, -0.25) is 9.59 Å². The van der Waals surface area contributed by atoms with Crippen LogP contribution in [0.1, 0.15) is 26.3 Å². The van der Waals surface area contributed by atoms with Gasteiger partial charge in [-0.15, -0.1) is 10.2 Å². The molecule has 1 aliphatic heterocycles. The fourth-order valence-electron chi connectivity index (χ4n) is 4.42. The molecule has 7 heteroatoms. The van der Waals surface area contributed by atoms with Crippen LogP contribution in [0.5, 0.6) is 5.75 Å². The number of hydrogen-bond acceptors (Lipinski definition) is 6. The molecule has 7 nitrogen and oxygen atoms in total. The van der Waals surface area contributed by atoms with Crippen molar-refractivity contribution in [2.75, 3.05) is 38.2 Å². The predicted molar refractivity (Wildman–Crippen MR) is 138 cm³/mol. The largest absolute Gasteiger partial charge is 0.496 e. The van der Waals surface area contributed by atoms with Crippen molar-refractivity contribution < 1.29 is 14.3 Å². The summed E-state index contributed by atoms with van der Waals surface area (Å²) in [4.78, 5) is 30.3. The summed E-state index contributed by atoms with van der Waals surface area (Å²) in [6, 6.07) is 27.7. The Balaban J connectivity index is 1.27. The first kappa shape index (κ1) is 23.2. The number of para-hydroxylation sites is 1. The fraction of sp³-hybridized carbons (Fsp3) is 0.172. The normalized spacial score (nSPS) is 13.4. The third kappa shape index (κ3) is 4.68. The van der Waals surface area contributed by atoms with Crippen molar-refractivity contribution in [1.29, 1.82) is 0 Å². The summed E-state index contributed by atoms with van der Waals surface area (Å²) >= 11 is 0. The number of piperazine rings is 1. The number of ketones is 1. The zero-order valence-electron chi connectivity index (χ0n) is 20.0. The van der Waals surface area contributed by atoms with Crippen molar-refractivity contribution in [3.8, 4) is 17.0 Å². The summed E-state index contributed by atoms with van der Waals surface area (Å²) in [6.45, 7) is 2.32. The lowest BCUT2D eigenvalue weighted by molar-refractivity contribution is 0.0742. The van der Waals surface area contributed by atoms with Crippen LogP contribution in [0.25, 0.3) is 11.3 Å². The molecule has 3 aromatic carbocycles. The molecule has 0 aliphatic carbocycles. The van der Waals surface area contributed by atoms with Crippen LogP contribution in [0.3, 0.4) is 0 Å². The Morgan fingerprint density at radius 2 is 1.39 bits per heavy atom. The molecule has 0 atom stereocenters. The molecule has 2 heterocycles. The first-order valence-electron chi connectivity index (χ1n) is 11.9. The summed E-state index contributed by atoms with van der Waals surface area (Å²) in [5, 5.41) is 8.83. The van der Waals surface area contributed by atoms with Gasteiger partial charge in [-0.1, -0.05) is 60.7 Å². The Bertz CT molecular complexity index is 1360. The lowest BCUT2D eigenvalue weighted by Gasteiger charge is -2.35. The maximum absolute atomic E-state index is 13.4. The van der Waals surface area contributed by atoms with Gasteiger partial charge in [-0.25, -0.2) is 0 Å². The van der Waals surface area contributed by atoms with Crippen molar-refractivity contribution in [3.05, 3.63) is 108 Å². The van der Waals surface area contributed by atoms with Crippen molar-refractivity contribution in [2.24, 2.45) is 0 Å². The number of anilines is 1. The smallest absolute Gasteiger partial charge is 0.254 e. The molecule has 0 bridgehead atoms. The number of methoxy groups -OCH3 is 1. The highest BCUT2D eigenvalue weighted by Gasteiger charge is 2.26. The van der Waals surface area contributed by atoms with Gasteiger partial charge in [-0.05, 0) is 30.3 Å². The highest BCUT2D eigenvalue weighted by Crippen LogP contribution is 2.28. The topological polar surface area (TPSA) is 75.6 Å². The summed E-state index contributed by atoms with van der Waals surface area (Å²) < 4.78 is 5.43. The number of nitrogens with zero attached hydrogens (tertiary/aromatic N) is 4. The third-order valence-electron chi connectivity index (χ3n) is 6.36.